The molecule has 130 valence electrons. The number of benzene rings is 1. The molecular formula is C19H21N3O3. The van der Waals surface area contributed by atoms with Crippen molar-refractivity contribution in [1.82, 2.24) is 14.8 Å². The Hall–Kier alpha value is -2.86. The van der Waals surface area contributed by atoms with E-state index in [0.29, 0.717) is 6.54 Å². The molecule has 0 aliphatic rings. The molecule has 0 fully saturated rings. The summed E-state index contributed by atoms with van der Waals surface area (Å²) >= 11 is 0. The van der Waals surface area contributed by atoms with Crippen LogP contribution in [0.5, 0.6) is 0 Å². The van der Waals surface area contributed by atoms with Crippen LogP contribution >= 0.6 is 0 Å². The first-order valence-corrected chi connectivity index (χ1v) is 8.06. The molecule has 6 nitrogen and oxygen atoms in total. The number of fused-ring (bicyclic) bond motifs is 1. The van der Waals surface area contributed by atoms with Crippen molar-refractivity contribution >= 4 is 16.8 Å². The lowest BCUT2D eigenvalue weighted by atomic mass is 10.1. The molecule has 0 radical (unpaired) electrons. The van der Waals surface area contributed by atoms with Gasteiger partial charge in [0.2, 0.25) is 0 Å². The number of hydrogen-bond donors (Lipinski definition) is 1. The van der Waals surface area contributed by atoms with Crippen LogP contribution in [0.3, 0.4) is 0 Å². The third kappa shape index (κ3) is 3.34. The summed E-state index contributed by atoms with van der Waals surface area (Å²) in [6.45, 7) is 0.343. The monoisotopic (exact) mass is 339 g/mol. The van der Waals surface area contributed by atoms with Crippen molar-refractivity contribution in [3.63, 3.8) is 0 Å². The Balaban J connectivity index is 1.85. The van der Waals surface area contributed by atoms with Crippen molar-refractivity contribution in [2.75, 3.05) is 20.6 Å². The van der Waals surface area contributed by atoms with Gasteiger partial charge in [0.05, 0.1) is 17.8 Å². The number of carbonyl (C=O) groups excluding carboxylic acids is 1. The Morgan fingerprint density at radius 2 is 2.00 bits per heavy atom. The van der Waals surface area contributed by atoms with Gasteiger partial charge in [-0.3, -0.25) is 14.5 Å². The number of aryl methyl sites for hydroxylation is 1. The standard InChI is InChI=1S/C19H21N3O3/c1-21(2)16(17-9-6-10-25-17)12-20-18(23)14-11-13-7-4-5-8-15(13)22(3)19(14)24/h4-11,16H,12H2,1-3H3,(H,20,23). The van der Waals surface area contributed by atoms with Gasteiger partial charge in [-0.1, -0.05) is 18.2 Å². The Kier molecular flexibility index (Phi) is 4.72. The van der Waals surface area contributed by atoms with E-state index in [1.165, 1.54) is 4.57 Å². The van der Waals surface area contributed by atoms with Crippen LogP contribution in [0.15, 0.2) is 57.9 Å². The average Bonchev–Trinajstić information content (AvgIpc) is 3.12. The molecule has 0 bridgehead atoms. The Labute approximate surface area is 145 Å². The fourth-order valence-corrected chi connectivity index (χ4v) is 2.89. The molecule has 1 N–H and O–H groups in total. The number of amides is 1. The maximum Gasteiger partial charge on any atom is 0.263 e. The highest BCUT2D eigenvalue weighted by molar-refractivity contribution is 5.97. The number of likely N-dealkylation sites (N-methyl/N-ethyl adjacent to an activating group) is 1. The van der Waals surface area contributed by atoms with Crippen LogP contribution in [-0.4, -0.2) is 36.0 Å². The second-order valence-corrected chi connectivity index (χ2v) is 6.19. The number of carbonyl (C=O) groups is 1. The van der Waals surface area contributed by atoms with Crippen LogP contribution in [0, 0.1) is 0 Å². The van der Waals surface area contributed by atoms with Gasteiger partial charge in [-0.25, -0.2) is 0 Å². The lowest BCUT2D eigenvalue weighted by Crippen LogP contribution is -2.37. The predicted octanol–water partition coefficient (Wildman–Crippen LogP) is 2.16. The van der Waals surface area contributed by atoms with Crippen LogP contribution in [0.1, 0.15) is 22.2 Å². The summed E-state index contributed by atoms with van der Waals surface area (Å²) in [5.74, 6) is 0.376. The first kappa shape index (κ1) is 17.0. The Morgan fingerprint density at radius 1 is 1.24 bits per heavy atom. The summed E-state index contributed by atoms with van der Waals surface area (Å²) < 4.78 is 6.94. The van der Waals surface area contributed by atoms with E-state index in [2.05, 4.69) is 5.32 Å². The van der Waals surface area contributed by atoms with E-state index in [1.54, 1.807) is 19.4 Å². The minimum atomic E-state index is -0.384. The zero-order valence-electron chi connectivity index (χ0n) is 14.5. The molecule has 0 aliphatic heterocycles. The number of nitrogens with one attached hydrogen (secondary N) is 1. The molecule has 0 spiro atoms. The SMILES string of the molecule is CN(C)C(CNC(=O)c1cc2ccccc2n(C)c1=O)c1ccco1. The molecule has 3 aromatic rings. The van der Waals surface area contributed by atoms with Gasteiger partial charge in [0.1, 0.15) is 11.3 Å². The van der Waals surface area contributed by atoms with Crippen molar-refractivity contribution in [3.8, 4) is 0 Å². The zero-order valence-corrected chi connectivity index (χ0v) is 14.5. The van der Waals surface area contributed by atoms with Crippen molar-refractivity contribution < 1.29 is 9.21 Å². The molecule has 25 heavy (non-hydrogen) atoms. The summed E-state index contributed by atoms with van der Waals surface area (Å²) in [5, 5.41) is 3.70. The van der Waals surface area contributed by atoms with Crippen molar-refractivity contribution in [2.24, 2.45) is 7.05 Å². The summed E-state index contributed by atoms with van der Waals surface area (Å²) in [7, 11) is 5.50. The van der Waals surface area contributed by atoms with Gasteiger partial charge in [-0.15, -0.1) is 0 Å². The van der Waals surface area contributed by atoms with E-state index in [4.69, 9.17) is 4.42 Å². The van der Waals surface area contributed by atoms with E-state index >= 15 is 0 Å². The van der Waals surface area contributed by atoms with Crippen molar-refractivity contribution in [1.29, 1.82) is 0 Å². The van der Waals surface area contributed by atoms with Crippen LogP contribution < -0.4 is 10.9 Å². The summed E-state index contributed by atoms with van der Waals surface area (Å²) in [4.78, 5) is 27.0. The number of pyridine rings is 1. The highest BCUT2D eigenvalue weighted by atomic mass is 16.3. The van der Waals surface area contributed by atoms with E-state index in [1.807, 2.05) is 55.4 Å². The molecule has 3 rings (SSSR count). The minimum absolute atomic E-state index is 0.108. The number of hydrogen-bond acceptors (Lipinski definition) is 4. The third-order valence-corrected chi connectivity index (χ3v) is 4.33. The van der Waals surface area contributed by atoms with Gasteiger partial charge in [0.15, 0.2) is 0 Å². The number of para-hydroxylation sites is 1. The molecule has 1 amide bonds. The van der Waals surface area contributed by atoms with Crippen LogP contribution in [0.25, 0.3) is 10.9 Å². The largest absolute Gasteiger partial charge is 0.468 e. The summed E-state index contributed by atoms with van der Waals surface area (Å²) in [5.41, 5.74) is 0.625. The van der Waals surface area contributed by atoms with Crippen LogP contribution in [0.2, 0.25) is 0 Å². The van der Waals surface area contributed by atoms with Gasteiger partial charge < -0.3 is 14.3 Å². The van der Waals surface area contributed by atoms with Crippen molar-refractivity contribution in [2.45, 2.75) is 6.04 Å². The Morgan fingerprint density at radius 3 is 2.68 bits per heavy atom. The van der Waals surface area contributed by atoms with Crippen LogP contribution in [0.4, 0.5) is 0 Å². The van der Waals surface area contributed by atoms with Gasteiger partial charge in [0.25, 0.3) is 11.5 Å². The smallest absolute Gasteiger partial charge is 0.263 e. The number of nitrogens with zero attached hydrogens (tertiary/aromatic N) is 2. The molecule has 1 atom stereocenters. The molecule has 0 saturated heterocycles. The quantitative estimate of drug-likeness (QED) is 0.773. The predicted molar refractivity (Wildman–Crippen MR) is 96.7 cm³/mol. The molecule has 1 aromatic carbocycles. The lowest BCUT2D eigenvalue weighted by molar-refractivity contribution is 0.0937. The second kappa shape index (κ2) is 6.94. The lowest BCUT2D eigenvalue weighted by Gasteiger charge is -2.22. The van der Waals surface area contributed by atoms with Gasteiger partial charge >= 0.3 is 0 Å². The van der Waals surface area contributed by atoms with Crippen LogP contribution in [-0.2, 0) is 7.05 Å². The number of rotatable bonds is 5. The van der Waals surface area contributed by atoms with Gasteiger partial charge in [-0.05, 0) is 43.7 Å². The highest BCUT2D eigenvalue weighted by Gasteiger charge is 2.20. The van der Waals surface area contributed by atoms with E-state index < -0.39 is 0 Å². The third-order valence-electron chi connectivity index (χ3n) is 4.33. The number of aromatic nitrogens is 1. The summed E-state index contributed by atoms with van der Waals surface area (Å²) in [6, 6.07) is 12.7. The second-order valence-electron chi connectivity index (χ2n) is 6.19. The molecule has 2 heterocycles. The first-order chi connectivity index (χ1) is 12.0. The normalized spacial score (nSPS) is 12.5. The average molecular weight is 339 g/mol. The van der Waals surface area contributed by atoms with E-state index in [9.17, 15) is 9.59 Å². The maximum atomic E-state index is 12.6. The topological polar surface area (TPSA) is 67.5 Å². The van der Waals surface area contributed by atoms with Gasteiger partial charge in [0, 0.05) is 13.6 Å². The fraction of sp³-hybridized carbons (Fsp3) is 0.263. The summed E-state index contributed by atoms with van der Waals surface area (Å²) in [6.07, 6.45) is 1.60. The zero-order chi connectivity index (χ0) is 18.0. The maximum absolute atomic E-state index is 12.6. The minimum Gasteiger partial charge on any atom is -0.468 e. The molecule has 1 unspecified atom stereocenters. The van der Waals surface area contributed by atoms with Gasteiger partial charge in [-0.2, -0.15) is 0 Å². The molecule has 2 aromatic heterocycles. The van der Waals surface area contributed by atoms with Crippen molar-refractivity contribution in [3.05, 3.63) is 70.4 Å². The first-order valence-electron chi connectivity index (χ1n) is 8.06. The highest BCUT2D eigenvalue weighted by Crippen LogP contribution is 2.18. The Bertz CT molecular complexity index is 942. The van der Waals surface area contributed by atoms with E-state index in [0.717, 1.165) is 16.7 Å². The molecule has 6 heteroatoms. The number of furan rings is 1. The fourth-order valence-electron chi connectivity index (χ4n) is 2.89. The molecular weight excluding hydrogens is 318 g/mol. The molecule has 0 aliphatic carbocycles. The van der Waals surface area contributed by atoms with E-state index in [-0.39, 0.29) is 23.1 Å². The molecule has 0 saturated carbocycles.